The predicted octanol–water partition coefficient (Wildman–Crippen LogP) is 3.45. The molecule has 0 spiro atoms. The molecule has 1 fully saturated rings. The minimum absolute atomic E-state index is 0.109. The molecule has 4 nitrogen and oxygen atoms in total. The van der Waals surface area contributed by atoms with Gasteiger partial charge in [-0.15, -0.1) is 0 Å². The predicted molar refractivity (Wildman–Crippen MR) is 82.5 cm³/mol. The van der Waals surface area contributed by atoms with Crippen molar-refractivity contribution in [2.75, 3.05) is 31.1 Å². The molecular formula is C15H19ClF3N3O. The molecule has 8 heteroatoms. The third-order valence-corrected chi connectivity index (χ3v) is 3.97. The van der Waals surface area contributed by atoms with E-state index < -0.39 is 16.9 Å². The van der Waals surface area contributed by atoms with Crippen molar-refractivity contribution in [1.29, 1.82) is 0 Å². The summed E-state index contributed by atoms with van der Waals surface area (Å²) in [4.78, 5) is 19.5. The van der Waals surface area contributed by atoms with Crippen LogP contribution in [0.1, 0.15) is 25.8 Å². The van der Waals surface area contributed by atoms with E-state index in [1.807, 2.05) is 18.7 Å². The number of carbonyl (C=O) groups excluding carboxylic acids is 1. The summed E-state index contributed by atoms with van der Waals surface area (Å²) in [6, 6.07) is 2.27. The molecule has 2 rings (SSSR count). The van der Waals surface area contributed by atoms with Crippen LogP contribution < -0.4 is 4.90 Å². The third-order valence-electron chi connectivity index (χ3n) is 3.68. The second-order valence-electron chi connectivity index (χ2n) is 5.97. The van der Waals surface area contributed by atoms with E-state index in [1.165, 1.54) is 6.07 Å². The van der Waals surface area contributed by atoms with Crippen molar-refractivity contribution in [3.05, 3.63) is 22.8 Å². The molecule has 128 valence electrons. The van der Waals surface area contributed by atoms with Crippen LogP contribution in [-0.2, 0) is 11.0 Å². The highest BCUT2D eigenvalue weighted by Crippen LogP contribution is 2.34. The van der Waals surface area contributed by atoms with Crippen LogP contribution in [-0.4, -0.2) is 42.0 Å². The van der Waals surface area contributed by atoms with E-state index >= 15 is 0 Å². The first-order valence-corrected chi connectivity index (χ1v) is 7.82. The minimum Gasteiger partial charge on any atom is -0.353 e. The SMILES string of the molecule is CC(C)CC(=O)N1CCN(c2ccc(C(F)(F)F)c(Cl)n2)CC1. The van der Waals surface area contributed by atoms with Gasteiger partial charge in [0.1, 0.15) is 11.0 Å². The third kappa shape index (κ3) is 4.50. The van der Waals surface area contributed by atoms with Crippen LogP contribution in [0.3, 0.4) is 0 Å². The lowest BCUT2D eigenvalue weighted by molar-refractivity contribution is -0.137. The van der Waals surface area contributed by atoms with E-state index in [1.54, 1.807) is 4.90 Å². The maximum atomic E-state index is 12.7. The number of anilines is 1. The van der Waals surface area contributed by atoms with Crippen LogP contribution in [0.2, 0.25) is 5.15 Å². The average molecular weight is 350 g/mol. The van der Waals surface area contributed by atoms with Crippen molar-refractivity contribution in [3.63, 3.8) is 0 Å². The summed E-state index contributed by atoms with van der Waals surface area (Å²) < 4.78 is 38.1. The lowest BCUT2D eigenvalue weighted by Crippen LogP contribution is -2.49. The van der Waals surface area contributed by atoms with Gasteiger partial charge in [0.2, 0.25) is 5.91 Å². The van der Waals surface area contributed by atoms with Crippen LogP contribution in [0.4, 0.5) is 19.0 Å². The number of piperazine rings is 1. The highest BCUT2D eigenvalue weighted by atomic mass is 35.5. The van der Waals surface area contributed by atoms with Gasteiger partial charge < -0.3 is 9.80 Å². The van der Waals surface area contributed by atoms with Gasteiger partial charge in [-0.3, -0.25) is 4.79 Å². The zero-order valence-electron chi connectivity index (χ0n) is 13.0. The van der Waals surface area contributed by atoms with Crippen molar-refractivity contribution >= 4 is 23.3 Å². The van der Waals surface area contributed by atoms with E-state index in [4.69, 9.17) is 11.6 Å². The lowest BCUT2D eigenvalue weighted by atomic mass is 10.1. The van der Waals surface area contributed by atoms with Crippen LogP contribution >= 0.6 is 11.6 Å². The number of hydrogen-bond acceptors (Lipinski definition) is 3. The number of alkyl halides is 3. The first-order chi connectivity index (χ1) is 10.7. The Balaban J connectivity index is 2.01. The maximum Gasteiger partial charge on any atom is 0.419 e. The van der Waals surface area contributed by atoms with Gasteiger partial charge in [-0.25, -0.2) is 4.98 Å². The molecule has 0 unspecified atom stereocenters. The Morgan fingerprint density at radius 2 is 1.87 bits per heavy atom. The molecule has 1 aromatic rings. The normalized spacial score (nSPS) is 16.1. The summed E-state index contributed by atoms with van der Waals surface area (Å²) in [5.41, 5.74) is -0.936. The Hall–Kier alpha value is -1.50. The van der Waals surface area contributed by atoms with Gasteiger partial charge in [0, 0.05) is 32.6 Å². The molecule has 1 aromatic heterocycles. The molecule has 0 aliphatic carbocycles. The van der Waals surface area contributed by atoms with E-state index in [-0.39, 0.29) is 5.91 Å². The van der Waals surface area contributed by atoms with Gasteiger partial charge in [-0.1, -0.05) is 25.4 Å². The molecule has 0 saturated carbocycles. The van der Waals surface area contributed by atoms with Gasteiger partial charge in [0.15, 0.2) is 0 Å². The number of amides is 1. The summed E-state index contributed by atoms with van der Waals surface area (Å²) in [6.07, 6.45) is -4.01. The molecule has 2 heterocycles. The van der Waals surface area contributed by atoms with Crippen molar-refractivity contribution in [3.8, 4) is 0 Å². The molecule has 0 radical (unpaired) electrons. The van der Waals surface area contributed by atoms with Gasteiger partial charge in [-0.05, 0) is 18.1 Å². The second-order valence-corrected chi connectivity index (χ2v) is 6.33. The van der Waals surface area contributed by atoms with Gasteiger partial charge in [-0.2, -0.15) is 13.2 Å². The number of halogens is 4. The topological polar surface area (TPSA) is 36.4 Å². The van der Waals surface area contributed by atoms with Gasteiger partial charge >= 0.3 is 6.18 Å². The van der Waals surface area contributed by atoms with Crippen LogP contribution in [0, 0.1) is 5.92 Å². The molecule has 0 aromatic carbocycles. The van der Waals surface area contributed by atoms with Crippen molar-refractivity contribution in [1.82, 2.24) is 9.88 Å². The molecule has 0 N–H and O–H groups in total. The van der Waals surface area contributed by atoms with Gasteiger partial charge in [0.05, 0.1) is 5.56 Å². The summed E-state index contributed by atoms with van der Waals surface area (Å²) in [7, 11) is 0. The smallest absolute Gasteiger partial charge is 0.353 e. The molecule has 0 atom stereocenters. The standard InChI is InChI=1S/C15H19ClF3N3O/c1-10(2)9-13(23)22-7-5-21(6-8-22)12-4-3-11(14(16)20-12)15(17,18)19/h3-4,10H,5-9H2,1-2H3. The van der Waals surface area contributed by atoms with Crippen LogP contribution in [0.15, 0.2) is 12.1 Å². The fraction of sp³-hybridized carbons (Fsp3) is 0.600. The first-order valence-electron chi connectivity index (χ1n) is 7.45. The number of hydrogen-bond donors (Lipinski definition) is 0. The molecule has 1 amide bonds. The average Bonchev–Trinajstić information content (AvgIpc) is 2.45. The summed E-state index contributed by atoms with van der Waals surface area (Å²) >= 11 is 5.65. The Bertz CT molecular complexity index is 570. The second kappa shape index (κ2) is 6.95. The number of aromatic nitrogens is 1. The van der Waals surface area contributed by atoms with Gasteiger partial charge in [0.25, 0.3) is 0 Å². The summed E-state index contributed by atoms with van der Waals surface area (Å²) in [5.74, 6) is 0.813. The Kier molecular flexibility index (Phi) is 5.39. The zero-order valence-corrected chi connectivity index (χ0v) is 13.8. The molecule has 1 aliphatic heterocycles. The Morgan fingerprint density at radius 1 is 1.26 bits per heavy atom. The van der Waals surface area contributed by atoms with Crippen LogP contribution in [0.25, 0.3) is 0 Å². The van der Waals surface area contributed by atoms with E-state index in [0.29, 0.717) is 44.3 Å². The van der Waals surface area contributed by atoms with Crippen molar-refractivity contribution in [2.45, 2.75) is 26.4 Å². The van der Waals surface area contributed by atoms with E-state index in [2.05, 4.69) is 4.98 Å². The number of nitrogens with zero attached hydrogens (tertiary/aromatic N) is 3. The van der Waals surface area contributed by atoms with E-state index in [0.717, 1.165) is 6.07 Å². The van der Waals surface area contributed by atoms with Crippen LogP contribution in [0.5, 0.6) is 0 Å². The maximum absolute atomic E-state index is 12.7. The largest absolute Gasteiger partial charge is 0.419 e. The Morgan fingerprint density at radius 3 is 2.35 bits per heavy atom. The quantitative estimate of drug-likeness (QED) is 0.784. The molecular weight excluding hydrogens is 331 g/mol. The Labute approximate surface area is 138 Å². The number of pyridine rings is 1. The monoisotopic (exact) mass is 349 g/mol. The van der Waals surface area contributed by atoms with Crippen molar-refractivity contribution in [2.24, 2.45) is 5.92 Å². The fourth-order valence-corrected chi connectivity index (χ4v) is 2.73. The molecule has 1 saturated heterocycles. The minimum atomic E-state index is -4.51. The first kappa shape index (κ1) is 17.8. The summed E-state index contributed by atoms with van der Waals surface area (Å²) in [6.45, 7) is 6.10. The zero-order chi connectivity index (χ0) is 17.2. The summed E-state index contributed by atoms with van der Waals surface area (Å²) in [5, 5.41) is -0.548. The number of rotatable bonds is 3. The molecule has 1 aliphatic rings. The van der Waals surface area contributed by atoms with E-state index in [9.17, 15) is 18.0 Å². The fourth-order valence-electron chi connectivity index (χ4n) is 2.48. The lowest BCUT2D eigenvalue weighted by Gasteiger charge is -2.36. The number of carbonyl (C=O) groups is 1. The van der Waals surface area contributed by atoms with Crippen molar-refractivity contribution < 1.29 is 18.0 Å². The molecule has 0 bridgehead atoms. The molecule has 23 heavy (non-hydrogen) atoms. The highest BCUT2D eigenvalue weighted by Gasteiger charge is 2.34. The highest BCUT2D eigenvalue weighted by molar-refractivity contribution is 6.30.